The minimum absolute atomic E-state index is 0.0686. The lowest BCUT2D eigenvalue weighted by Gasteiger charge is -2.07. The average Bonchev–Trinajstić information content (AvgIpc) is 3.13. The lowest BCUT2D eigenvalue weighted by molar-refractivity contribution is 0.292. The number of hydrogen-bond donors (Lipinski definition) is 2. The number of nitrogens with one attached hydrogen (secondary N) is 1. The number of aryl methyl sites for hydroxylation is 1. The van der Waals surface area contributed by atoms with Crippen molar-refractivity contribution in [3.63, 3.8) is 0 Å². The summed E-state index contributed by atoms with van der Waals surface area (Å²) in [6, 6.07) is 11.0. The molecule has 27 heavy (non-hydrogen) atoms. The Balaban J connectivity index is 1.45. The van der Waals surface area contributed by atoms with Crippen LogP contribution < -0.4 is 9.61 Å². The Morgan fingerprint density at radius 2 is 2.00 bits per heavy atom. The van der Waals surface area contributed by atoms with Crippen LogP contribution in [-0.4, -0.2) is 24.6 Å². The minimum atomic E-state index is -0.263. The maximum Gasteiger partial charge on any atom is 0.307 e. The topological polar surface area (TPSA) is 93.0 Å². The number of imidazole rings is 1. The molecule has 0 unspecified atom stereocenters. The molecule has 3 aromatic heterocycles. The molecule has 9 heteroatoms. The number of aromatic hydroxyl groups is 1. The van der Waals surface area contributed by atoms with Crippen LogP contribution in [0, 0.1) is 0 Å². The molecule has 0 amide bonds. The number of rotatable bonds is 5. The quantitative estimate of drug-likeness (QED) is 0.500. The molecular weight excluding hydrogens is 388 g/mol. The second-order valence-corrected chi connectivity index (χ2v) is 7.41. The number of H-pyrrole nitrogens is 1. The standard InChI is InChI=1S/C18H15ClN4O3S/c1-23-15(20-12-6-7-14(19)21-16(12)23)9-26-11-4-2-10(3-5-11)8-13-17(24)22-18(25)27-13/h2-7,24H,8-9H2,1H3,(H,22,25). The molecule has 1 aromatic carbocycles. The smallest absolute Gasteiger partial charge is 0.307 e. The second-order valence-electron chi connectivity index (χ2n) is 5.96. The molecule has 7 nitrogen and oxygen atoms in total. The molecule has 0 bridgehead atoms. The first-order chi connectivity index (χ1) is 13.0. The van der Waals surface area contributed by atoms with Crippen molar-refractivity contribution in [1.29, 1.82) is 0 Å². The summed E-state index contributed by atoms with van der Waals surface area (Å²) in [5, 5.41) is 10.1. The van der Waals surface area contributed by atoms with Gasteiger partial charge in [0.15, 0.2) is 5.65 Å². The van der Waals surface area contributed by atoms with Crippen LogP contribution in [0.15, 0.2) is 41.2 Å². The molecule has 0 aliphatic rings. The van der Waals surface area contributed by atoms with Crippen LogP contribution in [0.5, 0.6) is 11.6 Å². The molecule has 0 aliphatic carbocycles. The number of hydrogen-bond acceptors (Lipinski definition) is 6. The van der Waals surface area contributed by atoms with Gasteiger partial charge in [-0.1, -0.05) is 35.1 Å². The highest BCUT2D eigenvalue weighted by Gasteiger charge is 2.11. The van der Waals surface area contributed by atoms with E-state index in [1.165, 1.54) is 0 Å². The third-order valence-corrected chi connectivity index (χ3v) is 5.21. The molecule has 0 atom stereocenters. The van der Waals surface area contributed by atoms with Crippen molar-refractivity contribution in [1.82, 2.24) is 19.5 Å². The SMILES string of the molecule is Cn1c(COc2ccc(Cc3sc(=O)[nH]c3O)cc2)nc2ccc(Cl)nc21. The number of thiazole rings is 1. The predicted molar refractivity (Wildman–Crippen MR) is 104 cm³/mol. The van der Waals surface area contributed by atoms with E-state index in [0.717, 1.165) is 28.2 Å². The summed E-state index contributed by atoms with van der Waals surface area (Å²) >= 11 is 6.95. The zero-order valence-corrected chi connectivity index (χ0v) is 15.8. The molecule has 0 saturated heterocycles. The fourth-order valence-electron chi connectivity index (χ4n) is 2.73. The normalized spacial score (nSPS) is 11.2. The summed E-state index contributed by atoms with van der Waals surface area (Å²) in [6.45, 7) is 0.296. The van der Waals surface area contributed by atoms with Gasteiger partial charge in [0.25, 0.3) is 0 Å². The Kier molecular flexibility index (Phi) is 4.59. The lowest BCUT2D eigenvalue weighted by Crippen LogP contribution is -2.03. The Hall–Kier alpha value is -2.84. The number of fused-ring (bicyclic) bond motifs is 1. The van der Waals surface area contributed by atoms with Gasteiger partial charge in [0, 0.05) is 13.5 Å². The van der Waals surface area contributed by atoms with Crippen LogP contribution in [0.1, 0.15) is 16.3 Å². The molecule has 4 aromatic rings. The van der Waals surface area contributed by atoms with Gasteiger partial charge in [-0.25, -0.2) is 9.97 Å². The highest BCUT2D eigenvalue weighted by Crippen LogP contribution is 2.22. The van der Waals surface area contributed by atoms with Crippen molar-refractivity contribution in [3.05, 3.63) is 67.5 Å². The van der Waals surface area contributed by atoms with E-state index in [1.54, 1.807) is 6.07 Å². The molecule has 0 spiro atoms. The van der Waals surface area contributed by atoms with Gasteiger partial charge < -0.3 is 14.4 Å². The molecule has 138 valence electrons. The number of ether oxygens (including phenoxy) is 1. The van der Waals surface area contributed by atoms with Crippen molar-refractivity contribution in [3.8, 4) is 11.6 Å². The lowest BCUT2D eigenvalue weighted by atomic mass is 10.1. The molecule has 3 heterocycles. The van der Waals surface area contributed by atoms with E-state index in [0.29, 0.717) is 34.5 Å². The van der Waals surface area contributed by atoms with E-state index in [1.807, 2.05) is 41.9 Å². The van der Waals surface area contributed by atoms with Crippen LogP contribution in [0.25, 0.3) is 11.2 Å². The van der Waals surface area contributed by atoms with Gasteiger partial charge in [-0.05, 0) is 29.8 Å². The van der Waals surface area contributed by atoms with Gasteiger partial charge >= 0.3 is 4.87 Å². The highest BCUT2D eigenvalue weighted by atomic mass is 35.5. The number of aromatic amines is 1. The van der Waals surface area contributed by atoms with Crippen molar-refractivity contribution < 1.29 is 9.84 Å². The van der Waals surface area contributed by atoms with E-state index in [9.17, 15) is 9.90 Å². The maximum atomic E-state index is 11.2. The molecule has 0 radical (unpaired) electrons. The highest BCUT2D eigenvalue weighted by molar-refractivity contribution is 7.09. The second kappa shape index (κ2) is 7.05. The number of aromatic nitrogens is 4. The minimum Gasteiger partial charge on any atom is -0.494 e. The molecular formula is C18H15ClN4O3S. The third-order valence-electron chi connectivity index (χ3n) is 4.13. The average molecular weight is 403 g/mol. The van der Waals surface area contributed by atoms with E-state index < -0.39 is 0 Å². The fourth-order valence-corrected chi connectivity index (χ4v) is 3.63. The van der Waals surface area contributed by atoms with Crippen molar-refractivity contribution in [2.24, 2.45) is 7.05 Å². The molecule has 0 saturated carbocycles. The summed E-state index contributed by atoms with van der Waals surface area (Å²) in [5.74, 6) is 1.37. The predicted octanol–water partition coefficient (Wildman–Crippen LogP) is 3.25. The van der Waals surface area contributed by atoms with Crippen molar-refractivity contribution >= 4 is 34.1 Å². The van der Waals surface area contributed by atoms with Crippen molar-refractivity contribution in [2.75, 3.05) is 0 Å². The summed E-state index contributed by atoms with van der Waals surface area (Å²) in [7, 11) is 1.87. The molecule has 2 N–H and O–H groups in total. The Morgan fingerprint density at radius 1 is 1.22 bits per heavy atom. The van der Waals surface area contributed by atoms with E-state index >= 15 is 0 Å². The van der Waals surface area contributed by atoms with Crippen LogP contribution in [-0.2, 0) is 20.1 Å². The van der Waals surface area contributed by atoms with E-state index in [2.05, 4.69) is 15.0 Å². The molecule has 4 rings (SSSR count). The maximum absolute atomic E-state index is 11.2. The fraction of sp³-hybridized carbons (Fsp3) is 0.167. The third kappa shape index (κ3) is 3.67. The van der Waals surface area contributed by atoms with Gasteiger partial charge in [-0.2, -0.15) is 0 Å². The Labute approximate surface area is 162 Å². The number of halogens is 1. The first kappa shape index (κ1) is 17.6. The first-order valence-electron chi connectivity index (χ1n) is 8.10. The summed E-state index contributed by atoms with van der Waals surface area (Å²) in [6.07, 6.45) is 0.479. The Morgan fingerprint density at radius 3 is 2.70 bits per heavy atom. The zero-order chi connectivity index (χ0) is 19.0. The van der Waals surface area contributed by atoms with Crippen molar-refractivity contribution in [2.45, 2.75) is 13.0 Å². The van der Waals surface area contributed by atoms with Gasteiger partial charge in [0.2, 0.25) is 5.88 Å². The largest absolute Gasteiger partial charge is 0.494 e. The number of benzene rings is 1. The summed E-state index contributed by atoms with van der Waals surface area (Å²) in [5.41, 5.74) is 2.44. The van der Waals surface area contributed by atoms with E-state index in [4.69, 9.17) is 16.3 Å². The van der Waals surface area contributed by atoms with Gasteiger partial charge in [0.05, 0.1) is 4.88 Å². The number of pyridine rings is 1. The Bertz CT molecular complexity index is 1160. The van der Waals surface area contributed by atoms with Crippen LogP contribution in [0.4, 0.5) is 0 Å². The van der Waals surface area contributed by atoms with Crippen LogP contribution >= 0.6 is 22.9 Å². The first-order valence-corrected chi connectivity index (χ1v) is 9.29. The summed E-state index contributed by atoms with van der Waals surface area (Å²) in [4.78, 5) is 22.8. The van der Waals surface area contributed by atoms with Crippen LogP contribution in [0.3, 0.4) is 0 Å². The summed E-state index contributed by atoms with van der Waals surface area (Å²) < 4.78 is 7.67. The van der Waals surface area contributed by atoms with Gasteiger partial charge in [-0.3, -0.25) is 9.78 Å². The molecule has 0 aliphatic heterocycles. The number of nitrogens with zero attached hydrogens (tertiary/aromatic N) is 3. The van der Waals surface area contributed by atoms with Gasteiger partial charge in [0.1, 0.15) is 28.9 Å². The zero-order valence-electron chi connectivity index (χ0n) is 14.3. The van der Waals surface area contributed by atoms with Crippen LogP contribution in [0.2, 0.25) is 5.15 Å². The monoisotopic (exact) mass is 402 g/mol. The molecule has 0 fully saturated rings. The van der Waals surface area contributed by atoms with Gasteiger partial charge in [-0.15, -0.1) is 0 Å². The van der Waals surface area contributed by atoms with E-state index in [-0.39, 0.29) is 10.8 Å².